The molecule has 0 spiro atoms. The van der Waals surface area contributed by atoms with Gasteiger partial charge in [0.2, 0.25) is 0 Å². The molecule has 0 heterocycles. The maximum absolute atomic E-state index is 11.1. The molecule has 1 aromatic carbocycles. The van der Waals surface area contributed by atoms with Gasteiger partial charge in [-0.1, -0.05) is 38.5 Å². The summed E-state index contributed by atoms with van der Waals surface area (Å²) in [6, 6.07) is 5.33. The Morgan fingerprint density at radius 3 is 2.69 bits per heavy atom. The molecule has 1 atom stereocenters. The van der Waals surface area contributed by atoms with E-state index in [0.717, 1.165) is 12.0 Å². The lowest BCUT2D eigenvalue weighted by Gasteiger charge is -2.11. The van der Waals surface area contributed by atoms with E-state index < -0.39 is 0 Å². The number of benzene rings is 1. The summed E-state index contributed by atoms with van der Waals surface area (Å²) >= 11 is 0. The molecule has 4 nitrogen and oxygen atoms in total. The number of nitrogens with zero attached hydrogens (tertiary/aromatic N) is 1. The molecule has 0 bridgehead atoms. The fourth-order valence-corrected chi connectivity index (χ4v) is 1.80. The molecule has 4 heteroatoms. The number of aryl methyl sites for hydroxylation is 1. The van der Waals surface area contributed by atoms with Gasteiger partial charge in [-0.3, -0.25) is 10.1 Å². The fraction of sp³-hybridized carbons (Fsp3) is 0.500. The van der Waals surface area contributed by atoms with Crippen LogP contribution in [0.4, 0.5) is 5.69 Å². The minimum Gasteiger partial charge on any atom is -0.396 e. The first-order chi connectivity index (χ1) is 7.61. The summed E-state index contributed by atoms with van der Waals surface area (Å²) in [6.07, 6.45) is 1.57. The Labute approximate surface area is 95.1 Å². The molecule has 0 amide bonds. The summed E-state index contributed by atoms with van der Waals surface area (Å²) in [7, 11) is 0. The van der Waals surface area contributed by atoms with Gasteiger partial charge in [-0.25, -0.2) is 0 Å². The third-order valence-electron chi connectivity index (χ3n) is 2.66. The molecule has 0 aliphatic rings. The van der Waals surface area contributed by atoms with Gasteiger partial charge in [-0.05, 0) is 6.42 Å². The average Bonchev–Trinajstić information content (AvgIpc) is 2.27. The second kappa shape index (κ2) is 5.61. The van der Waals surface area contributed by atoms with Gasteiger partial charge < -0.3 is 5.11 Å². The molecule has 0 aromatic heterocycles. The van der Waals surface area contributed by atoms with E-state index in [9.17, 15) is 10.1 Å². The monoisotopic (exact) mass is 223 g/mol. The third kappa shape index (κ3) is 2.58. The summed E-state index contributed by atoms with van der Waals surface area (Å²) in [6.45, 7) is 3.71. The van der Waals surface area contributed by atoms with Gasteiger partial charge in [0, 0.05) is 23.7 Å². The smallest absolute Gasteiger partial charge is 0.276 e. The lowest BCUT2D eigenvalue weighted by Crippen LogP contribution is -2.06. The lowest BCUT2D eigenvalue weighted by atomic mass is 9.95. The Hall–Kier alpha value is -1.42. The van der Waals surface area contributed by atoms with Gasteiger partial charge in [0.15, 0.2) is 0 Å². The Bertz CT molecular complexity index is 377. The van der Waals surface area contributed by atoms with Crippen molar-refractivity contribution >= 4 is 5.69 Å². The van der Waals surface area contributed by atoms with E-state index in [-0.39, 0.29) is 23.1 Å². The number of nitro groups is 1. The summed E-state index contributed by atoms with van der Waals surface area (Å²) in [4.78, 5) is 10.7. The van der Waals surface area contributed by atoms with E-state index in [1.54, 1.807) is 19.1 Å². The molecule has 0 aliphatic heterocycles. The van der Waals surface area contributed by atoms with E-state index in [1.165, 1.54) is 0 Å². The SMILES string of the molecule is CCCc1cccc(C(C)CO)c1[N+](=O)[O-]. The number of para-hydroxylation sites is 1. The predicted octanol–water partition coefficient (Wildman–Crippen LogP) is 2.64. The molecule has 0 saturated heterocycles. The summed E-state index contributed by atoms with van der Waals surface area (Å²) < 4.78 is 0. The van der Waals surface area contributed by atoms with E-state index in [1.807, 2.05) is 13.0 Å². The molecule has 16 heavy (non-hydrogen) atoms. The summed E-state index contributed by atoms with van der Waals surface area (Å²) in [5.74, 6) is -0.197. The number of rotatable bonds is 5. The zero-order chi connectivity index (χ0) is 12.1. The molecule has 1 unspecified atom stereocenters. The van der Waals surface area contributed by atoms with Crippen LogP contribution in [0.5, 0.6) is 0 Å². The Kier molecular flexibility index (Phi) is 4.43. The van der Waals surface area contributed by atoms with Gasteiger partial charge in [0.1, 0.15) is 0 Å². The van der Waals surface area contributed by atoms with Crippen molar-refractivity contribution in [3.8, 4) is 0 Å². The third-order valence-corrected chi connectivity index (χ3v) is 2.66. The van der Waals surface area contributed by atoms with Crippen molar-refractivity contribution in [1.82, 2.24) is 0 Å². The van der Waals surface area contributed by atoms with Crippen LogP contribution in [-0.4, -0.2) is 16.6 Å². The van der Waals surface area contributed by atoms with Crippen LogP contribution in [-0.2, 0) is 6.42 Å². The summed E-state index contributed by atoms with van der Waals surface area (Å²) in [5.41, 5.74) is 1.55. The molecule has 1 N–H and O–H groups in total. The second-order valence-electron chi connectivity index (χ2n) is 3.95. The topological polar surface area (TPSA) is 63.4 Å². The zero-order valence-corrected chi connectivity index (χ0v) is 9.64. The highest BCUT2D eigenvalue weighted by Crippen LogP contribution is 2.30. The van der Waals surface area contributed by atoms with Crippen LogP contribution in [0.2, 0.25) is 0 Å². The number of hydrogen-bond donors (Lipinski definition) is 1. The molecule has 0 saturated carbocycles. The van der Waals surface area contributed by atoms with Crippen LogP contribution < -0.4 is 0 Å². The van der Waals surface area contributed by atoms with Gasteiger partial charge in [0.25, 0.3) is 5.69 Å². The second-order valence-corrected chi connectivity index (χ2v) is 3.95. The van der Waals surface area contributed by atoms with Crippen LogP contribution in [0.3, 0.4) is 0 Å². The van der Waals surface area contributed by atoms with Gasteiger partial charge in [-0.15, -0.1) is 0 Å². The van der Waals surface area contributed by atoms with E-state index >= 15 is 0 Å². The largest absolute Gasteiger partial charge is 0.396 e. The molecule has 0 radical (unpaired) electrons. The highest BCUT2D eigenvalue weighted by atomic mass is 16.6. The molecule has 88 valence electrons. The number of hydrogen-bond acceptors (Lipinski definition) is 3. The van der Waals surface area contributed by atoms with E-state index in [2.05, 4.69) is 0 Å². The Morgan fingerprint density at radius 1 is 1.50 bits per heavy atom. The number of aliphatic hydroxyl groups excluding tert-OH is 1. The molecule has 1 rings (SSSR count). The highest BCUT2D eigenvalue weighted by Gasteiger charge is 2.21. The molecular weight excluding hydrogens is 206 g/mol. The van der Waals surface area contributed by atoms with Crippen molar-refractivity contribution in [3.05, 3.63) is 39.4 Å². The van der Waals surface area contributed by atoms with Gasteiger partial charge in [0.05, 0.1) is 4.92 Å². The summed E-state index contributed by atoms with van der Waals surface area (Å²) in [5, 5.41) is 20.2. The highest BCUT2D eigenvalue weighted by molar-refractivity contribution is 5.49. The predicted molar refractivity (Wildman–Crippen MR) is 62.6 cm³/mol. The van der Waals surface area contributed by atoms with E-state index in [0.29, 0.717) is 12.0 Å². The quantitative estimate of drug-likeness (QED) is 0.616. The average molecular weight is 223 g/mol. The maximum Gasteiger partial charge on any atom is 0.276 e. The number of nitro benzene ring substituents is 1. The number of aliphatic hydroxyl groups is 1. The normalized spacial score (nSPS) is 12.4. The lowest BCUT2D eigenvalue weighted by molar-refractivity contribution is -0.386. The van der Waals surface area contributed by atoms with Crippen LogP contribution in [0, 0.1) is 10.1 Å². The van der Waals surface area contributed by atoms with Gasteiger partial charge >= 0.3 is 0 Å². The standard InChI is InChI=1S/C12H17NO3/c1-3-5-10-6-4-7-11(9(2)8-14)12(10)13(15)16/h4,6-7,9,14H,3,5,8H2,1-2H3. The van der Waals surface area contributed by atoms with Crippen molar-refractivity contribution in [2.24, 2.45) is 0 Å². The molecular formula is C12H17NO3. The van der Waals surface area contributed by atoms with Crippen molar-refractivity contribution in [1.29, 1.82) is 0 Å². The minimum absolute atomic E-state index is 0.0730. The molecule has 0 fully saturated rings. The first kappa shape index (κ1) is 12.6. The van der Waals surface area contributed by atoms with E-state index in [4.69, 9.17) is 5.11 Å². The fourth-order valence-electron chi connectivity index (χ4n) is 1.80. The van der Waals surface area contributed by atoms with Crippen molar-refractivity contribution < 1.29 is 10.0 Å². The first-order valence-corrected chi connectivity index (χ1v) is 5.48. The molecule has 1 aromatic rings. The van der Waals surface area contributed by atoms with Crippen LogP contribution in [0.25, 0.3) is 0 Å². The van der Waals surface area contributed by atoms with Crippen molar-refractivity contribution in [2.75, 3.05) is 6.61 Å². The first-order valence-electron chi connectivity index (χ1n) is 5.48. The van der Waals surface area contributed by atoms with Crippen LogP contribution in [0.1, 0.15) is 37.3 Å². The Balaban J connectivity index is 3.26. The van der Waals surface area contributed by atoms with Gasteiger partial charge in [-0.2, -0.15) is 0 Å². The van der Waals surface area contributed by atoms with Crippen LogP contribution in [0.15, 0.2) is 18.2 Å². The molecule has 0 aliphatic carbocycles. The maximum atomic E-state index is 11.1. The Morgan fingerprint density at radius 2 is 2.19 bits per heavy atom. The van der Waals surface area contributed by atoms with Crippen molar-refractivity contribution in [3.63, 3.8) is 0 Å². The minimum atomic E-state index is -0.341. The van der Waals surface area contributed by atoms with Crippen molar-refractivity contribution in [2.45, 2.75) is 32.6 Å². The van der Waals surface area contributed by atoms with Crippen LogP contribution >= 0.6 is 0 Å². The zero-order valence-electron chi connectivity index (χ0n) is 9.64.